The summed E-state index contributed by atoms with van der Waals surface area (Å²) in [6.45, 7) is 2.77. The van der Waals surface area contributed by atoms with Crippen LogP contribution in [-0.2, 0) is 4.79 Å². The Hall–Kier alpha value is -4.12. The van der Waals surface area contributed by atoms with Crippen LogP contribution in [0.2, 0.25) is 0 Å². The Bertz CT molecular complexity index is 1530. The molecule has 1 aromatic heterocycles. The van der Waals surface area contributed by atoms with Crippen LogP contribution < -0.4 is 30.7 Å². The number of benzene rings is 2. The summed E-state index contributed by atoms with van der Waals surface area (Å²) in [5.74, 6) is -0.146. The molecule has 2 saturated carbocycles. The van der Waals surface area contributed by atoms with Crippen LogP contribution in [0.1, 0.15) is 102 Å². The van der Waals surface area contributed by atoms with Gasteiger partial charge in [0, 0.05) is 23.8 Å². The molecule has 10 nitrogen and oxygen atoms in total. The van der Waals surface area contributed by atoms with E-state index in [9.17, 15) is 14.4 Å². The number of fused-ring (bicyclic) bond motifs is 1. The fourth-order valence-corrected chi connectivity index (χ4v) is 7.22. The molecule has 4 N–H and O–H groups in total. The summed E-state index contributed by atoms with van der Waals surface area (Å²) < 4.78 is 15.9. The van der Waals surface area contributed by atoms with E-state index in [2.05, 4.69) is 15.0 Å². The zero-order chi connectivity index (χ0) is 31.3. The zero-order valence-electron chi connectivity index (χ0n) is 25.7. The van der Waals surface area contributed by atoms with Gasteiger partial charge in [0.1, 0.15) is 24.1 Å². The fourth-order valence-electron chi connectivity index (χ4n) is 6.48. The Balaban J connectivity index is 1.40. The second-order valence-electron chi connectivity index (χ2n) is 12.2. The van der Waals surface area contributed by atoms with Crippen molar-refractivity contribution >= 4 is 40.6 Å². The highest BCUT2D eigenvalue weighted by Gasteiger charge is 2.38. The number of rotatable bonds is 8. The third kappa shape index (κ3) is 6.93. The average molecular weight is 632 g/mol. The standard InChI is InChI=1S/C34H41N5O5S/c1-21-12-14-22(15-13-21)30(33(41)37-24-10-6-3-7-11-24)39(25-16-17-26-27(20-25)44-19-18-43-26)34(42)31-28(35)29(38-45-31)32(40)36-23-8-4-2-5-9-23/h12-17,20,23-24,30H,2-11,18-19,35H2,1H3,(H,36,40)(H,37,41)/t30-/m0/s1. The topological polar surface area (TPSA) is 136 Å². The number of nitrogens with zero attached hydrogens (tertiary/aromatic N) is 2. The first-order valence-electron chi connectivity index (χ1n) is 16.0. The maximum absolute atomic E-state index is 14.7. The van der Waals surface area contributed by atoms with Gasteiger partial charge >= 0.3 is 0 Å². The highest BCUT2D eigenvalue weighted by molar-refractivity contribution is 7.09. The average Bonchev–Trinajstić information content (AvgIpc) is 3.45. The van der Waals surface area contributed by atoms with E-state index < -0.39 is 11.9 Å². The number of nitrogens with one attached hydrogen (secondary N) is 2. The lowest BCUT2D eigenvalue weighted by molar-refractivity contribution is -0.123. The van der Waals surface area contributed by atoms with E-state index in [1.54, 1.807) is 18.2 Å². The lowest BCUT2D eigenvalue weighted by atomic mass is 9.94. The van der Waals surface area contributed by atoms with Crippen molar-refractivity contribution in [3.05, 3.63) is 64.2 Å². The third-order valence-electron chi connectivity index (χ3n) is 8.95. The van der Waals surface area contributed by atoms with Gasteiger partial charge in [-0.2, -0.15) is 4.37 Å². The molecule has 6 rings (SSSR count). The maximum atomic E-state index is 14.7. The molecule has 238 valence electrons. The van der Waals surface area contributed by atoms with Crippen molar-refractivity contribution in [1.82, 2.24) is 15.0 Å². The van der Waals surface area contributed by atoms with Gasteiger partial charge in [-0.05, 0) is 61.8 Å². The highest BCUT2D eigenvalue weighted by Crippen LogP contribution is 2.39. The minimum absolute atomic E-state index is 0.0104. The summed E-state index contributed by atoms with van der Waals surface area (Å²) in [6, 6.07) is 11.9. The molecule has 1 aliphatic heterocycles. The number of carbonyl (C=O) groups excluding carboxylic acids is 3. The van der Waals surface area contributed by atoms with Gasteiger partial charge < -0.3 is 25.8 Å². The SMILES string of the molecule is Cc1ccc([C@@H](C(=O)NC2CCCCC2)N(C(=O)c2snc(C(=O)NC3CCCCC3)c2N)c2ccc3c(c2)OCCO3)cc1. The quantitative estimate of drug-likeness (QED) is 0.290. The van der Waals surface area contributed by atoms with E-state index in [1.807, 2.05) is 31.2 Å². The van der Waals surface area contributed by atoms with Crippen molar-refractivity contribution in [3.8, 4) is 11.5 Å². The highest BCUT2D eigenvalue weighted by atomic mass is 32.1. The number of aromatic nitrogens is 1. The molecule has 3 amide bonds. The van der Waals surface area contributed by atoms with E-state index in [4.69, 9.17) is 15.2 Å². The summed E-state index contributed by atoms with van der Waals surface area (Å²) >= 11 is 0.874. The van der Waals surface area contributed by atoms with Gasteiger partial charge in [-0.3, -0.25) is 19.3 Å². The Morgan fingerprint density at radius 1 is 0.867 bits per heavy atom. The van der Waals surface area contributed by atoms with Crippen LogP contribution >= 0.6 is 11.5 Å². The lowest BCUT2D eigenvalue weighted by Crippen LogP contribution is -2.47. The molecule has 45 heavy (non-hydrogen) atoms. The van der Waals surface area contributed by atoms with E-state index in [0.717, 1.165) is 81.3 Å². The van der Waals surface area contributed by atoms with E-state index in [1.165, 1.54) is 4.90 Å². The van der Waals surface area contributed by atoms with Gasteiger partial charge in [0.25, 0.3) is 11.8 Å². The van der Waals surface area contributed by atoms with Gasteiger partial charge in [0.05, 0.1) is 5.69 Å². The summed E-state index contributed by atoms with van der Waals surface area (Å²) in [7, 11) is 0. The third-order valence-corrected chi connectivity index (χ3v) is 9.80. The number of nitrogens with two attached hydrogens (primary N) is 1. The van der Waals surface area contributed by atoms with Crippen LogP contribution in [0.3, 0.4) is 0 Å². The minimum atomic E-state index is -1.02. The largest absolute Gasteiger partial charge is 0.486 e. The Morgan fingerprint density at radius 2 is 1.49 bits per heavy atom. The van der Waals surface area contributed by atoms with Crippen LogP contribution in [0.25, 0.3) is 0 Å². The van der Waals surface area contributed by atoms with Gasteiger partial charge in [0.15, 0.2) is 17.2 Å². The Labute approximate surface area is 267 Å². The summed E-state index contributed by atoms with van der Waals surface area (Å²) in [6.07, 6.45) is 10.2. The Morgan fingerprint density at radius 3 is 2.16 bits per heavy atom. The molecule has 0 bridgehead atoms. The minimum Gasteiger partial charge on any atom is -0.486 e. The van der Waals surface area contributed by atoms with Crippen LogP contribution in [0.4, 0.5) is 11.4 Å². The molecule has 2 heterocycles. The molecule has 3 aliphatic rings. The second kappa shape index (κ2) is 13.9. The predicted molar refractivity (Wildman–Crippen MR) is 174 cm³/mol. The normalized spacial score (nSPS) is 17.7. The molecular formula is C34H41N5O5S. The van der Waals surface area contributed by atoms with Crippen molar-refractivity contribution in [2.24, 2.45) is 0 Å². The van der Waals surface area contributed by atoms with Crippen LogP contribution in [0, 0.1) is 6.92 Å². The number of nitrogen functional groups attached to an aromatic ring is 1. The molecule has 0 unspecified atom stereocenters. The van der Waals surface area contributed by atoms with Gasteiger partial charge in [-0.1, -0.05) is 68.4 Å². The maximum Gasteiger partial charge on any atom is 0.273 e. The smallest absolute Gasteiger partial charge is 0.273 e. The van der Waals surface area contributed by atoms with Crippen LogP contribution in [-0.4, -0.2) is 47.4 Å². The first-order valence-corrected chi connectivity index (χ1v) is 16.8. The number of anilines is 2. The van der Waals surface area contributed by atoms with Crippen molar-refractivity contribution in [2.75, 3.05) is 23.8 Å². The van der Waals surface area contributed by atoms with Crippen molar-refractivity contribution in [2.45, 2.75) is 89.3 Å². The molecule has 2 fully saturated rings. The van der Waals surface area contributed by atoms with Crippen LogP contribution in [0.5, 0.6) is 11.5 Å². The number of carbonyl (C=O) groups is 3. The molecule has 0 spiro atoms. The van der Waals surface area contributed by atoms with Gasteiger partial charge in [-0.25, -0.2) is 0 Å². The second-order valence-corrected chi connectivity index (χ2v) is 13.0. The predicted octanol–water partition coefficient (Wildman–Crippen LogP) is 5.70. The Kier molecular flexibility index (Phi) is 9.53. The molecule has 3 aromatic rings. The fraction of sp³-hybridized carbons (Fsp3) is 0.471. The molecule has 0 saturated heterocycles. The van der Waals surface area contributed by atoms with Crippen molar-refractivity contribution in [1.29, 1.82) is 0 Å². The molecule has 1 atom stereocenters. The molecule has 2 aliphatic carbocycles. The van der Waals surface area contributed by atoms with Crippen LogP contribution in [0.15, 0.2) is 42.5 Å². The number of hydrogen-bond acceptors (Lipinski definition) is 8. The van der Waals surface area contributed by atoms with E-state index >= 15 is 0 Å². The van der Waals surface area contributed by atoms with Gasteiger partial charge in [0.2, 0.25) is 5.91 Å². The summed E-state index contributed by atoms with van der Waals surface area (Å²) in [5, 5.41) is 6.28. The number of amides is 3. The number of ether oxygens (including phenoxy) is 2. The monoisotopic (exact) mass is 631 g/mol. The van der Waals surface area contributed by atoms with Crippen molar-refractivity contribution in [3.63, 3.8) is 0 Å². The lowest BCUT2D eigenvalue weighted by Gasteiger charge is -2.34. The zero-order valence-corrected chi connectivity index (χ0v) is 26.5. The van der Waals surface area contributed by atoms with E-state index in [0.29, 0.717) is 36.0 Å². The first-order chi connectivity index (χ1) is 21.9. The summed E-state index contributed by atoms with van der Waals surface area (Å²) in [4.78, 5) is 43.7. The van der Waals surface area contributed by atoms with Crippen molar-refractivity contribution < 1.29 is 23.9 Å². The first kappa shape index (κ1) is 30.9. The van der Waals surface area contributed by atoms with Gasteiger partial charge in [-0.15, -0.1) is 0 Å². The molecule has 11 heteroatoms. The molecule has 0 radical (unpaired) electrons. The molecular weight excluding hydrogens is 590 g/mol. The molecule has 2 aromatic carbocycles. The number of hydrogen-bond donors (Lipinski definition) is 3. The summed E-state index contributed by atoms with van der Waals surface area (Å²) in [5.41, 5.74) is 8.68. The number of aryl methyl sites for hydroxylation is 1. The van der Waals surface area contributed by atoms with E-state index in [-0.39, 0.29) is 40.2 Å².